The zero-order chi connectivity index (χ0) is 12.4. The first-order valence-corrected chi connectivity index (χ1v) is 6.94. The number of halogens is 1. The van der Waals surface area contributed by atoms with E-state index in [1.165, 1.54) is 48.8 Å². The summed E-state index contributed by atoms with van der Waals surface area (Å²) in [6.45, 7) is 0. The molecule has 1 aliphatic rings. The molecule has 1 aromatic heterocycles. The van der Waals surface area contributed by atoms with E-state index in [9.17, 15) is 0 Å². The molecule has 1 nitrogen and oxygen atoms in total. The Morgan fingerprint density at radius 2 is 1.61 bits per heavy atom. The zero-order valence-corrected chi connectivity index (χ0v) is 11.1. The second-order valence-corrected chi connectivity index (χ2v) is 5.30. The molecule has 0 atom stereocenters. The largest absolute Gasteiger partial charge is 0.245 e. The Bertz CT molecular complexity index is 563. The van der Waals surface area contributed by atoms with Crippen LogP contribution in [0.5, 0.6) is 0 Å². The van der Waals surface area contributed by atoms with Crippen LogP contribution in [0.3, 0.4) is 0 Å². The van der Waals surface area contributed by atoms with Crippen LogP contribution in [0.1, 0.15) is 30.4 Å². The first-order chi connectivity index (χ1) is 8.83. The third kappa shape index (κ3) is 2.41. The average molecular weight is 258 g/mol. The molecule has 1 aliphatic carbocycles. The summed E-state index contributed by atoms with van der Waals surface area (Å²) in [5.41, 5.74) is 5.44. The highest BCUT2D eigenvalue weighted by molar-refractivity contribution is 6.29. The molecule has 0 saturated heterocycles. The molecule has 1 aromatic carbocycles. The van der Waals surface area contributed by atoms with Crippen molar-refractivity contribution in [1.82, 2.24) is 4.98 Å². The van der Waals surface area contributed by atoms with Crippen molar-refractivity contribution in [3.05, 3.63) is 52.8 Å². The molecule has 0 radical (unpaired) electrons. The maximum atomic E-state index is 5.95. The molecule has 0 N–H and O–H groups in total. The summed E-state index contributed by atoms with van der Waals surface area (Å²) in [5.74, 6) is 0. The van der Waals surface area contributed by atoms with E-state index in [0.717, 1.165) is 5.56 Å². The highest BCUT2D eigenvalue weighted by Gasteiger charge is 2.09. The number of fused-ring (bicyclic) bond motifs is 1. The molecule has 0 unspecified atom stereocenters. The van der Waals surface area contributed by atoms with Gasteiger partial charge in [-0.1, -0.05) is 36.2 Å². The molecule has 0 bridgehead atoms. The van der Waals surface area contributed by atoms with E-state index in [0.29, 0.717) is 5.15 Å². The number of hydrogen-bond acceptors (Lipinski definition) is 1. The summed E-state index contributed by atoms with van der Waals surface area (Å²) in [5, 5.41) is 0.558. The molecular formula is C16H16ClN. The van der Waals surface area contributed by atoms with Gasteiger partial charge < -0.3 is 0 Å². The summed E-state index contributed by atoms with van der Waals surface area (Å²) in [4.78, 5) is 4.03. The number of rotatable bonds is 1. The highest BCUT2D eigenvalue weighted by Crippen LogP contribution is 2.27. The number of benzene rings is 1. The van der Waals surface area contributed by atoms with Crippen LogP contribution in [0.25, 0.3) is 11.1 Å². The van der Waals surface area contributed by atoms with Gasteiger partial charge in [0, 0.05) is 6.20 Å². The molecule has 92 valence electrons. The minimum Gasteiger partial charge on any atom is -0.245 e. The van der Waals surface area contributed by atoms with Gasteiger partial charge in [-0.15, -0.1) is 0 Å². The van der Waals surface area contributed by atoms with Gasteiger partial charge in [0.25, 0.3) is 0 Å². The molecule has 0 amide bonds. The number of hydrogen-bond donors (Lipinski definition) is 0. The fourth-order valence-corrected chi connectivity index (χ4v) is 2.85. The molecule has 0 aliphatic heterocycles. The van der Waals surface area contributed by atoms with Crippen molar-refractivity contribution in [1.29, 1.82) is 0 Å². The van der Waals surface area contributed by atoms with Gasteiger partial charge >= 0.3 is 0 Å². The van der Waals surface area contributed by atoms with E-state index >= 15 is 0 Å². The van der Waals surface area contributed by atoms with Crippen LogP contribution in [0.15, 0.2) is 36.5 Å². The van der Waals surface area contributed by atoms with Gasteiger partial charge in [0.05, 0.1) is 0 Å². The molecule has 18 heavy (non-hydrogen) atoms. The van der Waals surface area contributed by atoms with Crippen molar-refractivity contribution in [3.63, 3.8) is 0 Å². The van der Waals surface area contributed by atoms with E-state index in [1.807, 2.05) is 12.1 Å². The molecule has 0 fully saturated rings. The lowest BCUT2D eigenvalue weighted by Crippen LogP contribution is -1.91. The Balaban J connectivity index is 2.01. The minimum atomic E-state index is 0.558. The topological polar surface area (TPSA) is 12.9 Å². The van der Waals surface area contributed by atoms with Gasteiger partial charge in [-0.05, 0) is 60.1 Å². The Kier molecular flexibility index (Phi) is 3.33. The molecule has 2 aromatic rings. The average Bonchev–Trinajstić information content (AvgIpc) is 2.63. The molecule has 0 saturated carbocycles. The predicted octanol–water partition coefficient (Wildman–Crippen LogP) is 4.67. The van der Waals surface area contributed by atoms with E-state index in [4.69, 9.17) is 11.6 Å². The Morgan fingerprint density at radius 1 is 0.833 bits per heavy atom. The first-order valence-electron chi connectivity index (χ1n) is 6.57. The number of pyridine rings is 1. The summed E-state index contributed by atoms with van der Waals surface area (Å²) in [6, 6.07) is 10.8. The number of aryl methyl sites for hydroxylation is 2. The molecule has 0 spiro atoms. The van der Waals surface area contributed by atoms with Crippen molar-refractivity contribution in [3.8, 4) is 11.1 Å². The van der Waals surface area contributed by atoms with Crippen molar-refractivity contribution in [2.45, 2.75) is 32.1 Å². The highest BCUT2D eigenvalue weighted by atomic mass is 35.5. The Hall–Kier alpha value is -1.34. The molecule has 2 heteroatoms. The van der Waals surface area contributed by atoms with Gasteiger partial charge in [0.15, 0.2) is 0 Å². The lowest BCUT2D eigenvalue weighted by atomic mass is 9.97. The summed E-state index contributed by atoms with van der Waals surface area (Å²) >= 11 is 5.95. The van der Waals surface area contributed by atoms with Gasteiger partial charge in [-0.2, -0.15) is 0 Å². The van der Waals surface area contributed by atoms with E-state index in [-0.39, 0.29) is 0 Å². The third-order valence-corrected chi connectivity index (χ3v) is 3.87. The number of aromatic nitrogens is 1. The smallest absolute Gasteiger partial charge is 0.129 e. The fourth-order valence-electron chi connectivity index (χ4n) is 2.67. The van der Waals surface area contributed by atoms with Crippen molar-refractivity contribution < 1.29 is 0 Å². The van der Waals surface area contributed by atoms with Crippen LogP contribution >= 0.6 is 11.6 Å². The van der Waals surface area contributed by atoms with Crippen molar-refractivity contribution in [2.75, 3.05) is 0 Å². The maximum Gasteiger partial charge on any atom is 0.129 e. The van der Waals surface area contributed by atoms with Crippen molar-refractivity contribution >= 4 is 11.6 Å². The molecular weight excluding hydrogens is 242 g/mol. The van der Waals surface area contributed by atoms with E-state index < -0.39 is 0 Å². The maximum absolute atomic E-state index is 5.95. The van der Waals surface area contributed by atoms with Crippen LogP contribution in [-0.4, -0.2) is 4.98 Å². The standard InChI is InChI=1S/C16H16ClN/c17-16-11-15(8-9-18-16)14-7-6-12-4-2-1-3-5-13(12)10-14/h6-11H,1-5H2. The first kappa shape index (κ1) is 11.7. The Morgan fingerprint density at radius 3 is 2.44 bits per heavy atom. The summed E-state index contributed by atoms with van der Waals surface area (Å²) in [7, 11) is 0. The normalized spacial score (nSPS) is 14.9. The lowest BCUT2D eigenvalue weighted by molar-refractivity contribution is 0.711. The zero-order valence-electron chi connectivity index (χ0n) is 10.3. The second kappa shape index (κ2) is 5.11. The van der Waals surface area contributed by atoms with Gasteiger partial charge in [-0.25, -0.2) is 4.98 Å². The van der Waals surface area contributed by atoms with Crippen LogP contribution in [0.2, 0.25) is 5.15 Å². The summed E-state index contributed by atoms with van der Waals surface area (Å²) in [6.07, 6.45) is 8.20. The molecule has 1 heterocycles. The van der Waals surface area contributed by atoms with Crippen LogP contribution in [-0.2, 0) is 12.8 Å². The monoisotopic (exact) mass is 257 g/mol. The van der Waals surface area contributed by atoms with E-state index in [1.54, 1.807) is 6.20 Å². The third-order valence-electron chi connectivity index (χ3n) is 3.66. The minimum absolute atomic E-state index is 0.558. The van der Waals surface area contributed by atoms with Crippen molar-refractivity contribution in [2.24, 2.45) is 0 Å². The second-order valence-electron chi connectivity index (χ2n) is 4.91. The quantitative estimate of drug-likeness (QED) is 0.534. The summed E-state index contributed by atoms with van der Waals surface area (Å²) < 4.78 is 0. The van der Waals surface area contributed by atoms with Gasteiger partial charge in [0.1, 0.15) is 5.15 Å². The lowest BCUT2D eigenvalue weighted by Gasteiger charge is -2.09. The Labute approximate surface area is 113 Å². The van der Waals surface area contributed by atoms with Crippen LogP contribution in [0, 0.1) is 0 Å². The SMILES string of the molecule is Clc1cc(-c2ccc3c(c2)CCCCC3)ccn1. The van der Waals surface area contributed by atoms with Gasteiger partial charge in [-0.3, -0.25) is 0 Å². The van der Waals surface area contributed by atoms with Crippen LogP contribution in [0.4, 0.5) is 0 Å². The van der Waals surface area contributed by atoms with E-state index in [2.05, 4.69) is 23.2 Å². The predicted molar refractivity (Wildman–Crippen MR) is 75.9 cm³/mol. The van der Waals surface area contributed by atoms with Crippen LogP contribution < -0.4 is 0 Å². The van der Waals surface area contributed by atoms with Gasteiger partial charge in [0.2, 0.25) is 0 Å². The molecule has 3 rings (SSSR count). The fraction of sp³-hybridized carbons (Fsp3) is 0.312. The number of nitrogens with zero attached hydrogens (tertiary/aromatic N) is 1.